The first-order valence-electron chi connectivity index (χ1n) is 7.77. The van der Waals surface area contributed by atoms with Crippen LogP contribution in [-0.2, 0) is 12.8 Å². The van der Waals surface area contributed by atoms with Crippen LogP contribution in [0.4, 0.5) is 5.69 Å². The molecule has 2 aromatic rings. The maximum absolute atomic E-state index is 10.6. The Balaban J connectivity index is 1.71. The molecule has 0 amide bonds. The van der Waals surface area contributed by atoms with E-state index in [2.05, 4.69) is 12.1 Å². The average molecular weight is 311 g/mol. The molecule has 1 unspecified atom stereocenters. The Morgan fingerprint density at radius 1 is 1.00 bits per heavy atom. The quantitative estimate of drug-likeness (QED) is 0.454. The van der Waals surface area contributed by atoms with Gasteiger partial charge in [-0.3, -0.25) is 10.1 Å². The second-order valence-corrected chi connectivity index (χ2v) is 5.48. The lowest BCUT2D eigenvalue weighted by Crippen LogP contribution is -2.04. The number of nitrogens with zero attached hydrogens (tertiary/aromatic N) is 1. The van der Waals surface area contributed by atoms with E-state index in [1.807, 2.05) is 30.4 Å². The van der Waals surface area contributed by atoms with Crippen LogP contribution < -0.4 is 0 Å². The van der Waals surface area contributed by atoms with Gasteiger partial charge in [0.1, 0.15) is 0 Å². The number of aryl methyl sites for hydroxylation is 2. The van der Waals surface area contributed by atoms with Crippen molar-refractivity contribution in [2.45, 2.75) is 31.8 Å². The molecule has 0 fully saturated rings. The normalized spacial score (nSPS) is 12.4. The van der Waals surface area contributed by atoms with Crippen molar-refractivity contribution in [1.29, 1.82) is 0 Å². The highest BCUT2D eigenvalue weighted by Crippen LogP contribution is 2.14. The van der Waals surface area contributed by atoms with Gasteiger partial charge in [0.2, 0.25) is 0 Å². The molecule has 0 aliphatic heterocycles. The summed E-state index contributed by atoms with van der Waals surface area (Å²) in [6.45, 7) is 0. The molecule has 0 aliphatic carbocycles. The van der Waals surface area contributed by atoms with E-state index in [0.717, 1.165) is 18.4 Å². The first kappa shape index (κ1) is 16.9. The minimum absolute atomic E-state index is 0.0927. The second kappa shape index (κ2) is 8.86. The molecule has 0 aliphatic rings. The van der Waals surface area contributed by atoms with Crippen LogP contribution in [-0.4, -0.2) is 16.1 Å². The van der Waals surface area contributed by atoms with Gasteiger partial charge in [-0.15, -0.1) is 0 Å². The number of hydrogen-bond donors (Lipinski definition) is 1. The summed E-state index contributed by atoms with van der Waals surface area (Å²) >= 11 is 0. The monoisotopic (exact) mass is 311 g/mol. The Hall–Kier alpha value is -2.46. The number of hydrogen-bond acceptors (Lipinski definition) is 3. The van der Waals surface area contributed by atoms with E-state index < -0.39 is 11.0 Å². The van der Waals surface area contributed by atoms with E-state index in [9.17, 15) is 15.2 Å². The van der Waals surface area contributed by atoms with Gasteiger partial charge in [-0.05, 0) is 36.8 Å². The molecule has 0 saturated carbocycles. The van der Waals surface area contributed by atoms with Crippen molar-refractivity contribution in [2.75, 3.05) is 0 Å². The molecule has 0 saturated heterocycles. The summed E-state index contributed by atoms with van der Waals surface area (Å²) in [7, 11) is 0. The van der Waals surface area contributed by atoms with Crippen LogP contribution in [0, 0.1) is 10.1 Å². The van der Waals surface area contributed by atoms with Gasteiger partial charge >= 0.3 is 0 Å². The molecule has 2 aromatic carbocycles. The fourth-order valence-electron chi connectivity index (χ4n) is 2.34. The van der Waals surface area contributed by atoms with Gasteiger partial charge in [-0.2, -0.15) is 0 Å². The van der Waals surface area contributed by atoms with Crippen molar-refractivity contribution in [1.82, 2.24) is 0 Å². The highest BCUT2D eigenvalue weighted by Gasteiger charge is 2.05. The van der Waals surface area contributed by atoms with Crippen LogP contribution >= 0.6 is 0 Å². The van der Waals surface area contributed by atoms with Crippen LogP contribution in [0.5, 0.6) is 0 Å². The van der Waals surface area contributed by atoms with Gasteiger partial charge < -0.3 is 5.11 Å². The topological polar surface area (TPSA) is 63.4 Å². The van der Waals surface area contributed by atoms with Crippen molar-refractivity contribution < 1.29 is 10.0 Å². The lowest BCUT2D eigenvalue weighted by atomic mass is 10.1. The minimum atomic E-state index is -0.485. The zero-order valence-corrected chi connectivity index (χ0v) is 13.0. The summed E-state index contributed by atoms with van der Waals surface area (Å²) < 4.78 is 0. The summed E-state index contributed by atoms with van der Waals surface area (Å²) in [5, 5.41) is 20.5. The summed E-state index contributed by atoms with van der Waals surface area (Å²) in [6, 6.07) is 16.7. The largest absolute Gasteiger partial charge is 0.389 e. The Kier molecular flexibility index (Phi) is 6.51. The third-order valence-electron chi connectivity index (χ3n) is 3.68. The van der Waals surface area contributed by atoms with Gasteiger partial charge in [0, 0.05) is 12.1 Å². The Morgan fingerprint density at radius 2 is 1.65 bits per heavy atom. The van der Waals surface area contributed by atoms with Crippen molar-refractivity contribution in [3.8, 4) is 0 Å². The van der Waals surface area contributed by atoms with Crippen LogP contribution in [0.2, 0.25) is 0 Å². The van der Waals surface area contributed by atoms with Crippen LogP contribution in [0.15, 0.2) is 66.7 Å². The summed E-state index contributed by atoms with van der Waals surface area (Å²) in [5.41, 5.74) is 2.37. The maximum atomic E-state index is 10.6. The van der Waals surface area contributed by atoms with Crippen LogP contribution in [0.3, 0.4) is 0 Å². The average Bonchev–Trinajstić information content (AvgIpc) is 2.58. The standard InChI is InChI=1S/C19H21NO3/c21-19(9-5-4-8-16-6-2-1-3-7-16)15-12-17-10-13-18(14-11-17)20(22)23/h1-3,5-7,9-11,13-14,19,21H,4,8,12,15H2/b9-5+. The van der Waals surface area contributed by atoms with Crippen molar-refractivity contribution in [2.24, 2.45) is 0 Å². The SMILES string of the molecule is O=[N+]([O-])c1ccc(CCC(O)/C=C/CCc2ccccc2)cc1. The van der Waals surface area contributed by atoms with Gasteiger partial charge in [0.05, 0.1) is 11.0 Å². The third kappa shape index (κ3) is 6.04. The summed E-state index contributed by atoms with van der Waals surface area (Å²) in [4.78, 5) is 10.2. The zero-order chi connectivity index (χ0) is 16.5. The summed E-state index contributed by atoms with van der Waals surface area (Å²) in [5.74, 6) is 0. The number of nitro benzene ring substituents is 1. The third-order valence-corrected chi connectivity index (χ3v) is 3.68. The number of rotatable bonds is 8. The maximum Gasteiger partial charge on any atom is 0.269 e. The fourth-order valence-corrected chi connectivity index (χ4v) is 2.34. The van der Waals surface area contributed by atoms with E-state index in [1.165, 1.54) is 17.7 Å². The number of aliphatic hydroxyl groups is 1. The molecule has 2 rings (SSSR count). The number of aliphatic hydroxyl groups excluding tert-OH is 1. The van der Waals surface area contributed by atoms with Gasteiger partial charge in [0.15, 0.2) is 0 Å². The molecule has 4 heteroatoms. The Bertz CT molecular complexity index is 635. The first-order chi connectivity index (χ1) is 11.1. The lowest BCUT2D eigenvalue weighted by molar-refractivity contribution is -0.384. The van der Waals surface area contributed by atoms with Crippen molar-refractivity contribution in [3.63, 3.8) is 0 Å². The molecule has 1 N–H and O–H groups in total. The smallest absolute Gasteiger partial charge is 0.269 e. The zero-order valence-electron chi connectivity index (χ0n) is 13.0. The van der Waals surface area contributed by atoms with Crippen LogP contribution in [0.25, 0.3) is 0 Å². The molecule has 0 bridgehead atoms. The van der Waals surface area contributed by atoms with E-state index in [-0.39, 0.29) is 5.69 Å². The molecule has 120 valence electrons. The number of benzene rings is 2. The lowest BCUT2D eigenvalue weighted by Gasteiger charge is -2.05. The highest BCUT2D eigenvalue weighted by molar-refractivity contribution is 5.32. The molecule has 0 heterocycles. The molecular weight excluding hydrogens is 290 g/mol. The van der Waals surface area contributed by atoms with Gasteiger partial charge in [-0.1, -0.05) is 54.6 Å². The molecule has 0 radical (unpaired) electrons. The van der Waals surface area contributed by atoms with Crippen molar-refractivity contribution in [3.05, 3.63) is 88.0 Å². The number of non-ortho nitro benzene ring substituents is 1. The molecule has 0 aromatic heterocycles. The predicted molar refractivity (Wildman–Crippen MR) is 91.3 cm³/mol. The molecule has 23 heavy (non-hydrogen) atoms. The number of allylic oxidation sites excluding steroid dienone is 1. The molecule has 0 spiro atoms. The summed E-state index contributed by atoms with van der Waals surface area (Å²) in [6.07, 6.45) is 6.52. The van der Waals surface area contributed by atoms with Crippen molar-refractivity contribution >= 4 is 5.69 Å². The molecular formula is C19H21NO3. The van der Waals surface area contributed by atoms with Gasteiger partial charge in [0.25, 0.3) is 5.69 Å². The predicted octanol–water partition coefficient (Wildman–Crippen LogP) is 4.08. The van der Waals surface area contributed by atoms with E-state index >= 15 is 0 Å². The molecule has 1 atom stereocenters. The first-order valence-corrected chi connectivity index (χ1v) is 7.77. The van der Waals surface area contributed by atoms with E-state index in [0.29, 0.717) is 12.8 Å². The van der Waals surface area contributed by atoms with E-state index in [4.69, 9.17) is 0 Å². The Morgan fingerprint density at radius 3 is 2.30 bits per heavy atom. The minimum Gasteiger partial charge on any atom is -0.389 e. The highest BCUT2D eigenvalue weighted by atomic mass is 16.6. The number of nitro groups is 1. The molecule has 4 nitrogen and oxygen atoms in total. The Labute approximate surface area is 136 Å². The van der Waals surface area contributed by atoms with Crippen LogP contribution in [0.1, 0.15) is 24.0 Å². The van der Waals surface area contributed by atoms with Gasteiger partial charge in [-0.25, -0.2) is 0 Å². The fraction of sp³-hybridized carbons (Fsp3) is 0.263. The second-order valence-electron chi connectivity index (χ2n) is 5.48. The van der Waals surface area contributed by atoms with E-state index in [1.54, 1.807) is 12.1 Å².